The van der Waals surface area contributed by atoms with Gasteiger partial charge in [0.15, 0.2) is 4.77 Å². The number of carbonyl (C=O) groups excluding carboxylic acids is 1. The molecule has 0 saturated heterocycles. The minimum atomic E-state index is -0.0684. The van der Waals surface area contributed by atoms with E-state index in [1.165, 1.54) is 4.90 Å². The molecule has 0 spiro atoms. The molecule has 6 nitrogen and oxygen atoms in total. The number of amides is 1. The number of nitrogens with zero attached hydrogens (tertiary/aromatic N) is 2. The first-order chi connectivity index (χ1) is 13.6. The van der Waals surface area contributed by atoms with Gasteiger partial charge in [-0.1, -0.05) is 12.1 Å². The zero-order chi connectivity index (χ0) is 19.7. The Hall–Kier alpha value is -2.77. The van der Waals surface area contributed by atoms with Crippen LogP contribution in [0.25, 0.3) is 27.6 Å². The quantitative estimate of drug-likeness (QED) is 0.440. The van der Waals surface area contributed by atoms with E-state index in [1.807, 2.05) is 46.9 Å². The van der Waals surface area contributed by atoms with Crippen LogP contribution < -0.4 is 10.2 Å². The van der Waals surface area contributed by atoms with E-state index < -0.39 is 0 Å². The molecule has 0 bridgehead atoms. The number of hydrogen-bond donors (Lipinski definition) is 3. The summed E-state index contributed by atoms with van der Waals surface area (Å²) in [5, 5.41) is 3.95. The standard InChI is InChI=1S/C21H23N5OS/c1-3-25(4-2)12-11-22-20(27)14-9-10-15-17(13-14)24-21(28)26-18-8-6-5-7-16(18)23-19(15)26/h5-10,13H,3-4,11-12H2,1-2H3,(H,22,27)(H,24,28)/p+1. The van der Waals surface area contributed by atoms with Gasteiger partial charge in [0.1, 0.15) is 5.65 Å². The van der Waals surface area contributed by atoms with E-state index in [9.17, 15) is 4.79 Å². The fourth-order valence-electron chi connectivity index (χ4n) is 3.63. The van der Waals surface area contributed by atoms with Crippen molar-refractivity contribution in [1.29, 1.82) is 0 Å². The van der Waals surface area contributed by atoms with Gasteiger partial charge >= 0.3 is 0 Å². The maximum Gasteiger partial charge on any atom is 0.251 e. The van der Waals surface area contributed by atoms with Crippen LogP contribution >= 0.6 is 12.2 Å². The van der Waals surface area contributed by atoms with Crippen molar-refractivity contribution in [3.05, 3.63) is 52.8 Å². The number of aromatic amines is 1. The van der Waals surface area contributed by atoms with Crippen molar-refractivity contribution in [2.75, 3.05) is 26.2 Å². The molecule has 0 aliphatic rings. The van der Waals surface area contributed by atoms with Gasteiger partial charge in [-0.15, -0.1) is 0 Å². The van der Waals surface area contributed by atoms with Crippen LogP contribution in [0.1, 0.15) is 24.2 Å². The Bertz CT molecular complexity index is 1220. The largest absolute Gasteiger partial charge is 0.346 e. The van der Waals surface area contributed by atoms with Gasteiger partial charge in [0.25, 0.3) is 5.91 Å². The SMILES string of the molecule is CC[NH+](CC)CCNC(=O)c1ccc2c(c1)[nH]c(=S)n1c3ccccc3nc21. The normalized spacial score (nSPS) is 11.7. The number of H-pyrrole nitrogens is 1. The first-order valence-electron chi connectivity index (χ1n) is 9.67. The molecule has 0 aliphatic carbocycles. The molecule has 2 aromatic carbocycles. The molecule has 2 aromatic heterocycles. The Morgan fingerprint density at radius 2 is 2.00 bits per heavy atom. The van der Waals surface area contributed by atoms with Gasteiger partial charge in [0.05, 0.1) is 42.7 Å². The number of fused-ring (bicyclic) bond motifs is 5. The van der Waals surface area contributed by atoms with Gasteiger partial charge in [-0.2, -0.15) is 0 Å². The number of imidazole rings is 1. The van der Waals surface area contributed by atoms with Gasteiger partial charge < -0.3 is 15.2 Å². The highest BCUT2D eigenvalue weighted by molar-refractivity contribution is 7.71. The van der Waals surface area contributed by atoms with Crippen LogP contribution in [0.15, 0.2) is 42.5 Å². The summed E-state index contributed by atoms with van der Waals surface area (Å²) in [6, 6.07) is 13.6. The summed E-state index contributed by atoms with van der Waals surface area (Å²) in [4.78, 5) is 22.0. The molecule has 4 aromatic rings. The van der Waals surface area contributed by atoms with E-state index in [1.54, 1.807) is 0 Å². The number of benzene rings is 2. The van der Waals surface area contributed by atoms with Crippen LogP contribution in [-0.2, 0) is 0 Å². The van der Waals surface area contributed by atoms with E-state index in [0.717, 1.165) is 47.2 Å². The number of nitrogens with one attached hydrogen (secondary N) is 3. The predicted octanol–water partition coefficient (Wildman–Crippen LogP) is 2.35. The number of rotatable bonds is 6. The molecule has 0 unspecified atom stereocenters. The van der Waals surface area contributed by atoms with E-state index in [0.29, 0.717) is 16.9 Å². The van der Waals surface area contributed by atoms with E-state index >= 15 is 0 Å². The van der Waals surface area contributed by atoms with Crippen molar-refractivity contribution in [2.24, 2.45) is 0 Å². The van der Waals surface area contributed by atoms with Gasteiger partial charge in [-0.3, -0.25) is 9.20 Å². The second-order valence-corrected chi connectivity index (χ2v) is 7.30. The van der Waals surface area contributed by atoms with Crippen LogP contribution in [0, 0.1) is 4.77 Å². The second-order valence-electron chi connectivity index (χ2n) is 6.91. The van der Waals surface area contributed by atoms with Gasteiger partial charge in [-0.25, -0.2) is 4.98 Å². The molecule has 0 radical (unpaired) electrons. The molecule has 4 rings (SSSR count). The van der Waals surface area contributed by atoms with Crippen LogP contribution in [0.3, 0.4) is 0 Å². The van der Waals surface area contributed by atoms with Crippen molar-refractivity contribution < 1.29 is 9.69 Å². The average Bonchev–Trinajstić information content (AvgIpc) is 3.11. The van der Waals surface area contributed by atoms with Crippen molar-refractivity contribution in [2.45, 2.75) is 13.8 Å². The topological polar surface area (TPSA) is 66.6 Å². The second kappa shape index (κ2) is 7.69. The van der Waals surface area contributed by atoms with Gasteiger partial charge in [-0.05, 0) is 56.4 Å². The van der Waals surface area contributed by atoms with E-state index in [-0.39, 0.29) is 5.91 Å². The lowest BCUT2D eigenvalue weighted by Crippen LogP contribution is -3.12. The smallest absolute Gasteiger partial charge is 0.251 e. The molecule has 0 atom stereocenters. The molecule has 7 heteroatoms. The number of hydrogen-bond acceptors (Lipinski definition) is 3. The summed E-state index contributed by atoms with van der Waals surface area (Å²) in [7, 11) is 0. The van der Waals surface area contributed by atoms with Gasteiger partial charge in [0, 0.05) is 10.9 Å². The molecular weight excluding hydrogens is 370 g/mol. The lowest BCUT2D eigenvalue weighted by molar-refractivity contribution is -0.895. The van der Waals surface area contributed by atoms with Crippen molar-refractivity contribution in [1.82, 2.24) is 19.7 Å². The molecule has 0 aliphatic heterocycles. The summed E-state index contributed by atoms with van der Waals surface area (Å²) < 4.78 is 2.51. The molecule has 3 N–H and O–H groups in total. The minimum Gasteiger partial charge on any atom is -0.346 e. The molecule has 28 heavy (non-hydrogen) atoms. The lowest BCUT2D eigenvalue weighted by atomic mass is 10.1. The number of aromatic nitrogens is 3. The average molecular weight is 395 g/mol. The lowest BCUT2D eigenvalue weighted by Gasteiger charge is -2.15. The van der Waals surface area contributed by atoms with Crippen molar-refractivity contribution >= 4 is 45.7 Å². The first kappa shape index (κ1) is 18.6. The summed E-state index contributed by atoms with van der Waals surface area (Å²) in [6.45, 7) is 8.03. The highest BCUT2D eigenvalue weighted by atomic mass is 32.1. The van der Waals surface area contributed by atoms with Crippen LogP contribution in [0.2, 0.25) is 0 Å². The Kier molecular flexibility index (Phi) is 5.11. The number of quaternary nitrogens is 1. The summed E-state index contributed by atoms with van der Waals surface area (Å²) >= 11 is 5.56. The fraction of sp³-hybridized carbons (Fsp3) is 0.286. The Morgan fingerprint density at radius 1 is 1.21 bits per heavy atom. The first-order valence-corrected chi connectivity index (χ1v) is 10.1. The number of carbonyl (C=O) groups is 1. The molecular formula is C21H24N5OS+. The summed E-state index contributed by atoms with van der Waals surface area (Å²) in [6.07, 6.45) is 0. The molecule has 144 valence electrons. The number of para-hydroxylation sites is 2. The van der Waals surface area contributed by atoms with Gasteiger partial charge in [0.2, 0.25) is 0 Å². The molecule has 1 amide bonds. The minimum absolute atomic E-state index is 0.0684. The zero-order valence-electron chi connectivity index (χ0n) is 16.1. The third kappa shape index (κ3) is 3.27. The zero-order valence-corrected chi connectivity index (χ0v) is 16.9. The summed E-state index contributed by atoms with van der Waals surface area (Å²) in [5.41, 5.74) is 4.11. The third-order valence-corrected chi connectivity index (χ3v) is 5.58. The van der Waals surface area contributed by atoms with Crippen LogP contribution in [-0.4, -0.2) is 46.5 Å². The van der Waals surface area contributed by atoms with E-state index in [2.05, 4.69) is 24.1 Å². The molecule has 2 heterocycles. The monoisotopic (exact) mass is 394 g/mol. The highest BCUT2D eigenvalue weighted by Gasteiger charge is 2.13. The molecule has 0 fully saturated rings. The highest BCUT2D eigenvalue weighted by Crippen LogP contribution is 2.24. The predicted molar refractivity (Wildman–Crippen MR) is 115 cm³/mol. The number of likely N-dealkylation sites (N-methyl/N-ethyl adjacent to an activating group) is 1. The summed E-state index contributed by atoms with van der Waals surface area (Å²) in [5.74, 6) is -0.0684. The Morgan fingerprint density at radius 3 is 2.79 bits per heavy atom. The maximum atomic E-state index is 12.6. The maximum absolute atomic E-state index is 12.6. The van der Waals surface area contributed by atoms with Crippen LogP contribution in [0.5, 0.6) is 0 Å². The van der Waals surface area contributed by atoms with Crippen molar-refractivity contribution in [3.63, 3.8) is 0 Å². The molecule has 0 saturated carbocycles. The van der Waals surface area contributed by atoms with E-state index in [4.69, 9.17) is 17.2 Å². The van der Waals surface area contributed by atoms with Crippen LogP contribution in [0.4, 0.5) is 0 Å². The van der Waals surface area contributed by atoms with Crippen molar-refractivity contribution in [3.8, 4) is 0 Å². The third-order valence-electron chi connectivity index (χ3n) is 5.29. The Labute approximate surface area is 168 Å². The fourth-order valence-corrected chi connectivity index (χ4v) is 3.92. The Balaban J connectivity index is 1.68.